The molecular weight excluding hydrogens is 618 g/mol. The van der Waals surface area contributed by atoms with Gasteiger partial charge in [0.15, 0.2) is 0 Å². The van der Waals surface area contributed by atoms with Gasteiger partial charge in [0.05, 0.1) is 0 Å². The molecule has 12 radical (unpaired) electrons. The van der Waals surface area contributed by atoms with Gasteiger partial charge in [0.25, 0.3) is 0 Å². The fraction of sp³-hybridized carbons (Fsp3) is 0. The molecule has 0 N–H and O–H groups in total. The average Bonchev–Trinajstić information content (AvgIpc) is 0. The Labute approximate surface area is 133 Å². The van der Waals surface area contributed by atoms with Crippen LogP contribution in [0.5, 0.6) is 0 Å². The third kappa shape index (κ3) is 23.6. The molecule has 0 saturated carbocycles. The van der Waals surface area contributed by atoms with Crippen LogP contribution in [0.4, 0.5) is 0 Å². The molecule has 0 heterocycles. The second-order valence-corrected chi connectivity index (χ2v) is 0. The number of hydrogen-bond acceptors (Lipinski definition) is 0. The Balaban J connectivity index is 0. The fourth-order valence-corrected chi connectivity index (χ4v) is 0. The van der Waals surface area contributed by atoms with Crippen molar-refractivity contribution in [3.05, 3.63) is 0 Å². The average molecular weight is 618 g/mol. The molecule has 0 aliphatic heterocycles. The van der Waals surface area contributed by atoms with Crippen LogP contribution in [0.15, 0.2) is 0 Å². The first-order valence-corrected chi connectivity index (χ1v) is 0. The summed E-state index contributed by atoms with van der Waals surface area (Å²) in [6.45, 7) is 0. The summed E-state index contributed by atoms with van der Waals surface area (Å²) in [6, 6.07) is 0. The molecule has 0 aromatic rings. The summed E-state index contributed by atoms with van der Waals surface area (Å²) in [5, 5.41) is 0. The van der Waals surface area contributed by atoms with E-state index in [9.17, 15) is 0 Å². The molecule has 0 unspecified atom stereocenters. The summed E-state index contributed by atoms with van der Waals surface area (Å²) in [5.74, 6) is 0. The van der Waals surface area contributed by atoms with Crippen molar-refractivity contribution >= 4 is 97.7 Å². The predicted octanol–water partition coefficient (Wildman–Crippen LogP) is -1.53. The van der Waals surface area contributed by atoms with E-state index >= 15 is 0 Å². The van der Waals surface area contributed by atoms with Crippen molar-refractivity contribution < 1.29 is 39.0 Å². The maximum atomic E-state index is 0. The molecule has 0 nitrogen and oxygen atoms in total. The number of hydrogen-bond donors (Lipinski definition) is 0. The molecule has 0 aromatic carbocycles. The minimum atomic E-state index is 0. The summed E-state index contributed by atoms with van der Waals surface area (Å²) in [6.07, 6.45) is 0. The Kier molecular flexibility index (Phi) is 263. The Morgan fingerprint density at radius 1 is 0.333 bits per heavy atom. The zero-order valence-corrected chi connectivity index (χ0v) is 19.3. The van der Waals surface area contributed by atoms with E-state index in [2.05, 4.69) is 0 Å². The van der Waals surface area contributed by atoms with Gasteiger partial charge >= 0.3 is 0 Å². The topological polar surface area (TPSA) is 0 Å². The predicted molar refractivity (Wildman–Crippen MR) is 23.0 cm³/mol. The van der Waals surface area contributed by atoms with Crippen molar-refractivity contribution in [3.8, 4) is 0 Å². The van der Waals surface area contributed by atoms with Crippen molar-refractivity contribution in [1.82, 2.24) is 0 Å². The molecule has 6 heteroatoms. The van der Waals surface area contributed by atoms with E-state index in [-0.39, 0.29) is 137 Å². The minimum Gasteiger partial charge on any atom is 0 e. The molecule has 0 amide bonds. The van der Waals surface area contributed by atoms with Crippen LogP contribution >= 0.6 is 0 Å². The third-order valence-electron chi connectivity index (χ3n) is 0. The van der Waals surface area contributed by atoms with Gasteiger partial charge in [0, 0.05) is 137 Å². The zero-order chi connectivity index (χ0) is 0. The van der Waals surface area contributed by atoms with Crippen LogP contribution in [0.1, 0.15) is 0 Å². The van der Waals surface area contributed by atoms with Crippen LogP contribution in [-0.2, 0) is 39.0 Å². The molecular formula is Sb4Zn2. The van der Waals surface area contributed by atoms with Crippen LogP contribution < -0.4 is 0 Å². The summed E-state index contributed by atoms with van der Waals surface area (Å²) in [5.41, 5.74) is 0. The Bertz CT molecular complexity index is 5.51. The maximum absolute atomic E-state index is 0. The van der Waals surface area contributed by atoms with Gasteiger partial charge in [0.2, 0.25) is 0 Å². The van der Waals surface area contributed by atoms with Gasteiger partial charge in [0.1, 0.15) is 0 Å². The molecule has 0 rings (SSSR count). The summed E-state index contributed by atoms with van der Waals surface area (Å²) in [4.78, 5) is 0. The van der Waals surface area contributed by atoms with Crippen LogP contribution in [-0.4, -0.2) is 97.7 Å². The van der Waals surface area contributed by atoms with E-state index in [4.69, 9.17) is 0 Å². The Morgan fingerprint density at radius 3 is 0.333 bits per heavy atom. The normalized spacial score (nSPS) is 0. The van der Waals surface area contributed by atoms with E-state index in [1.54, 1.807) is 0 Å². The van der Waals surface area contributed by atoms with E-state index in [0.29, 0.717) is 0 Å². The van der Waals surface area contributed by atoms with Crippen molar-refractivity contribution in [2.45, 2.75) is 0 Å². The summed E-state index contributed by atoms with van der Waals surface area (Å²) in [7, 11) is 0. The van der Waals surface area contributed by atoms with Crippen molar-refractivity contribution in [3.63, 3.8) is 0 Å². The van der Waals surface area contributed by atoms with E-state index in [0.717, 1.165) is 0 Å². The smallest absolute Gasteiger partial charge is 0 e. The van der Waals surface area contributed by atoms with Gasteiger partial charge in [-0.25, -0.2) is 0 Å². The second-order valence-electron chi connectivity index (χ2n) is 0. The SMILES string of the molecule is [Sb].[Sb].[Sb].[Sb].[Zn].[Zn]. The van der Waals surface area contributed by atoms with Crippen molar-refractivity contribution in [2.24, 2.45) is 0 Å². The van der Waals surface area contributed by atoms with Crippen molar-refractivity contribution in [1.29, 1.82) is 0 Å². The molecule has 24 valence electrons. The summed E-state index contributed by atoms with van der Waals surface area (Å²) < 4.78 is 0. The molecule has 0 aliphatic carbocycles. The molecule has 6 heavy (non-hydrogen) atoms. The first-order valence-electron chi connectivity index (χ1n) is 0. The van der Waals surface area contributed by atoms with Crippen LogP contribution in [0.25, 0.3) is 0 Å². The van der Waals surface area contributed by atoms with E-state index < -0.39 is 0 Å². The molecule has 0 fully saturated rings. The Hall–Kier alpha value is 4.52. The third-order valence-corrected chi connectivity index (χ3v) is 0. The van der Waals surface area contributed by atoms with Gasteiger partial charge in [-0.2, -0.15) is 0 Å². The van der Waals surface area contributed by atoms with Crippen molar-refractivity contribution in [2.75, 3.05) is 0 Å². The van der Waals surface area contributed by atoms with Gasteiger partial charge in [-0.05, 0) is 0 Å². The Morgan fingerprint density at radius 2 is 0.333 bits per heavy atom. The minimum absolute atomic E-state index is 0. The molecule has 0 atom stereocenters. The molecule has 0 saturated heterocycles. The fourth-order valence-electron chi connectivity index (χ4n) is 0. The summed E-state index contributed by atoms with van der Waals surface area (Å²) >= 11 is 0. The van der Waals surface area contributed by atoms with E-state index in [1.165, 1.54) is 0 Å². The molecule has 0 aliphatic rings. The van der Waals surface area contributed by atoms with Gasteiger partial charge in [-0.3, -0.25) is 0 Å². The van der Waals surface area contributed by atoms with Gasteiger partial charge in [-0.15, -0.1) is 0 Å². The van der Waals surface area contributed by atoms with Gasteiger partial charge in [-0.1, -0.05) is 0 Å². The first-order chi connectivity index (χ1) is 0. The first kappa shape index (κ1) is 46.7. The molecule has 0 spiro atoms. The zero-order valence-electron chi connectivity index (χ0n) is 3.20. The monoisotopic (exact) mass is 611 g/mol. The largest absolute Gasteiger partial charge is 0 e. The maximum Gasteiger partial charge on any atom is 0 e. The van der Waals surface area contributed by atoms with Crippen LogP contribution in [0.3, 0.4) is 0 Å². The van der Waals surface area contributed by atoms with Gasteiger partial charge < -0.3 is 0 Å². The van der Waals surface area contributed by atoms with Crippen LogP contribution in [0, 0.1) is 0 Å². The quantitative estimate of drug-likeness (QED) is 0.290. The molecule has 0 aromatic heterocycles. The standard InChI is InChI=1S/4Sb.2Zn. The second kappa shape index (κ2) is 33.8. The molecule has 0 bridgehead atoms. The number of rotatable bonds is 0. The van der Waals surface area contributed by atoms with Crippen LogP contribution in [0.2, 0.25) is 0 Å². The van der Waals surface area contributed by atoms with E-state index in [1.807, 2.05) is 0 Å².